The van der Waals surface area contributed by atoms with Gasteiger partial charge >= 0.3 is 11.9 Å². The molecule has 2 rings (SSSR count). The molecular weight excluding hydrogens is 340 g/mol. The Bertz CT molecular complexity index is 636. The van der Waals surface area contributed by atoms with E-state index in [2.05, 4.69) is 9.47 Å². The molecule has 10 heteroatoms. The van der Waals surface area contributed by atoms with Gasteiger partial charge in [-0.15, -0.1) is 0 Å². The predicted molar refractivity (Wildman–Crippen MR) is 69.8 cm³/mol. The predicted octanol–water partition coefficient (Wildman–Crippen LogP) is -3.63. The first-order valence-electron chi connectivity index (χ1n) is 7.24. The molecule has 2 fully saturated rings. The van der Waals surface area contributed by atoms with Crippen LogP contribution in [-0.4, -0.2) is 49.7 Å². The van der Waals surface area contributed by atoms with Crippen molar-refractivity contribution in [2.24, 2.45) is 22.7 Å². The van der Waals surface area contributed by atoms with E-state index in [-0.39, 0.29) is 0 Å². The van der Waals surface area contributed by atoms with Gasteiger partial charge in [-0.05, 0) is 19.3 Å². The number of ketones is 2. The van der Waals surface area contributed by atoms with E-state index in [1.807, 2.05) is 0 Å². The molecule has 2 bridgehead atoms. The van der Waals surface area contributed by atoms with Crippen LogP contribution in [0, 0.1) is 22.7 Å². The Kier molecular flexibility index (Phi) is 4.41. The molecule has 2 saturated carbocycles. The maximum atomic E-state index is 12.6. The molecule has 0 heterocycles. The minimum atomic E-state index is -2.51. The lowest BCUT2D eigenvalue weighted by Gasteiger charge is -2.54. The zero-order chi connectivity index (χ0) is 19.2. The van der Waals surface area contributed by atoms with E-state index in [9.17, 15) is 39.0 Å². The van der Waals surface area contributed by atoms with Crippen molar-refractivity contribution < 1.29 is 48.5 Å². The standard InChI is InChI=1S/C15H16O10/c1-24-10(18)6-3-14(12(20)21)5-15(8(6)16,13(22)23)4-7(9(14)17)11(19)25-2/h6-7H,3-5H2,1-2H3,(H,20,21)(H,22,23)/p-2. The monoisotopic (exact) mass is 354 g/mol. The molecule has 0 amide bonds. The number of ether oxygens (including phenoxy) is 2. The lowest BCUT2D eigenvalue weighted by Crippen LogP contribution is -2.68. The van der Waals surface area contributed by atoms with E-state index >= 15 is 0 Å². The smallest absolute Gasteiger partial charge is 0.316 e. The van der Waals surface area contributed by atoms with Crippen LogP contribution in [0.3, 0.4) is 0 Å². The van der Waals surface area contributed by atoms with E-state index in [1.165, 1.54) is 0 Å². The van der Waals surface area contributed by atoms with Crippen LogP contribution < -0.4 is 10.2 Å². The molecule has 0 aromatic rings. The number of hydrogen-bond acceptors (Lipinski definition) is 10. The van der Waals surface area contributed by atoms with Crippen LogP contribution in [0.25, 0.3) is 0 Å². The number of carboxylic acids is 2. The van der Waals surface area contributed by atoms with Crippen molar-refractivity contribution in [2.45, 2.75) is 19.3 Å². The maximum absolute atomic E-state index is 12.6. The molecule has 0 aliphatic heterocycles. The molecule has 0 spiro atoms. The Morgan fingerprint density at radius 2 is 1.16 bits per heavy atom. The van der Waals surface area contributed by atoms with Gasteiger partial charge in [0.2, 0.25) is 0 Å². The number of methoxy groups -OCH3 is 2. The Labute approximate surface area is 141 Å². The van der Waals surface area contributed by atoms with Gasteiger partial charge in [0, 0.05) is 0 Å². The van der Waals surface area contributed by atoms with E-state index < -0.39 is 77.4 Å². The molecule has 10 nitrogen and oxygen atoms in total. The summed E-state index contributed by atoms with van der Waals surface area (Å²) in [5.41, 5.74) is -5.02. The average molecular weight is 354 g/mol. The number of aliphatic carboxylic acids is 2. The summed E-state index contributed by atoms with van der Waals surface area (Å²) in [6.45, 7) is 0. The first kappa shape index (κ1) is 18.6. The second kappa shape index (κ2) is 5.94. The molecule has 2 aliphatic carbocycles. The molecule has 0 aromatic heterocycles. The molecule has 2 aliphatic rings. The van der Waals surface area contributed by atoms with Crippen molar-refractivity contribution in [3.8, 4) is 0 Å². The third kappa shape index (κ3) is 2.39. The Morgan fingerprint density at radius 3 is 1.40 bits per heavy atom. The first-order valence-corrected chi connectivity index (χ1v) is 7.24. The quantitative estimate of drug-likeness (QED) is 0.363. The van der Waals surface area contributed by atoms with E-state index in [0.29, 0.717) is 0 Å². The molecule has 25 heavy (non-hydrogen) atoms. The average Bonchev–Trinajstić information content (AvgIpc) is 2.58. The topological polar surface area (TPSA) is 167 Å². The molecule has 0 aromatic carbocycles. The second-order valence-corrected chi connectivity index (χ2v) is 6.20. The lowest BCUT2D eigenvalue weighted by molar-refractivity contribution is -0.328. The van der Waals surface area contributed by atoms with Crippen molar-refractivity contribution in [3.63, 3.8) is 0 Å². The van der Waals surface area contributed by atoms with Crippen LogP contribution in [0.1, 0.15) is 19.3 Å². The van der Waals surface area contributed by atoms with Gasteiger partial charge in [0.25, 0.3) is 0 Å². The summed E-state index contributed by atoms with van der Waals surface area (Å²) in [6, 6.07) is 0. The minimum absolute atomic E-state index is 0.845. The van der Waals surface area contributed by atoms with Crippen LogP contribution >= 0.6 is 0 Å². The second-order valence-electron chi connectivity index (χ2n) is 6.20. The van der Waals surface area contributed by atoms with Crippen LogP contribution in [0.2, 0.25) is 0 Å². The van der Waals surface area contributed by atoms with Crippen LogP contribution in [-0.2, 0) is 38.2 Å². The summed E-state index contributed by atoms with van der Waals surface area (Å²) >= 11 is 0. The molecular formula is C15H14O10-2. The van der Waals surface area contributed by atoms with E-state index in [4.69, 9.17) is 0 Å². The first-order chi connectivity index (χ1) is 11.6. The van der Waals surface area contributed by atoms with Crippen molar-refractivity contribution in [1.29, 1.82) is 0 Å². The van der Waals surface area contributed by atoms with E-state index in [1.54, 1.807) is 0 Å². The lowest BCUT2D eigenvalue weighted by atomic mass is 9.48. The van der Waals surface area contributed by atoms with Gasteiger partial charge in [0.05, 0.1) is 37.0 Å². The summed E-state index contributed by atoms with van der Waals surface area (Å²) in [4.78, 5) is 72.4. The summed E-state index contributed by atoms with van der Waals surface area (Å²) in [6.07, 6.45) is -2.63. The Hall–Kier alpha value is -2.78. The number of fused-ring (bicyclic) bond motifs is 2. The summed E-state index contributed by atoms with van der Waals surface area (Å²) in [5, 5.41) is 23.4. The highest BCUT2D eigenvalue weighted by Crippen LogP contribution is 2.55. The third-order valence-electron chi connectivity index (χ3n) is 5.04. The highest BCUT2D eigenvalue weighted by molar-refractivity contribution is 6.20. The Morgan fingerprint density at radius 1 is 0.840 bits per heavy atom. The van der Waals surface area contributed by atoms with E-state index in [0.717, 1.165) is 14.2 Å². The molecule has 4 unspecified atom stereocenters. The fraction of sp³-hybridized carbons (Fsp3) is 0.600. The molecule has 0 N–H and O–H groups in total. The number of Topliss-reactive ketones (excluding diaryl/α,β-unsaturated/α-hetero) is 2. The van der Waals surface area contributed by atoms with Gasteiger partial charge in [0.15, 0.2) is 11.6 Å². The van der Waals surface area contributed by atoms with Gasteiger partial charge in [0.1, 0.15) is 11.8 Å². The van der Waals surface area contributed by atoms with Gasteiger partial charge in [-0.25, -0.2) is 0 Å². The number of carbonyl (C=O) groups is 6. The van der Waals surface area contributed by atoms with Crippen molar-refractivity contribution in [1.82, 2.24) is 0 Å². The SMILES string of the molecule is COC(=O)C1CC2(C(=O)[O-])CC(C(=O)[O-])(CC(C(=O)OC)C2=O)C1=O. The summed E-state index contributed by atoms with van der Waals surface area (Å²) in [7, 11) is 1.85. The normalized spacial score (nSPS) is 34.2. The number of rotatable bonds is 4. The number of carboxylic acid groups (broad SMARTS) is 2. The highest BCUT2D eigenvalue weighted by atomic mass is 16.5. The van der Waals surface area contributed by atoms with Gasteiger partial charge in [-0.3, -0.25) is 19.2 Å². The van der Waals surface area contributed by atoms with Crippen LogP contribution in [0.15, 0.2) is 0 Å². The summed E-state index contributed by atoms with van der Waals surface area (Å²) < 4.78 is 8.83. The molecule has 136 valence electrons. The van der Waals surface area contributed by atoms with Crippen molar-refractivity contribution >= 4 is 35.4 Å². The fourth-order valence-corrected chi connectivity index (χ4v) is 3.76. The van der Waals surface area contributed by atoms with Crippen LogP contribution in [0.5, 0.6) is 0 Å². The summed E-state index contributed by atoms with van der Waals surface area (Å²) in [5.74, 6) is -12.2. The molecule has 4 atom stereocenters. The Balaban J connectivity index is 2.71. The fourth-order valence-electron chi connectivity index (χ4n) is 3.76. The highest BCUT2D eigenvalue weighted by Gasteiger charge is 2.66. The zero-order valence-corrected chi connectivity index (χ0v) is 13.4. The van der Waals surface area contributed by atoms with Gasteiger partial charge in [-0.2, -0.15) is 0 Å². The maximum Gasteiger partial charge on any atom is 0.316 e. The molecule has 0 saturated heterocycles. The molecule has 0 radical (unpaired) electrons. The zero-order valence-electron chi connectivity index (χ0n) is 13.4. The van der Waals surface area contributed by atoms with Gasteiger partial charge in [-0.1, -0.05) is 0 Å². The van der Waals surface area contributed by atoms with Crippen molar-refractivity contribution in [3.05, 3.63) is 0 Å². The van der Waals surface area contributed by atoms with Crippen molar-refractivity contribution in [2.75, 3.05) is 14.2 Å². The number of carbonyl (C=O) groups excluding carboxylic acids is 6. The largest absolute Gasteiger partial charge is 0.549 e. The number of esters is 2. The third-order valence-corrected chi connectivity index (χ3v) is 5.04. The number of hydrogen-bond donors (Lipinski definition) is 0. The van der Waals surface area contributed by atoms with Gasteiger partial charge < -0.3 is 29.3 Å². The van der Waals surface area contributed by atoms with Crippen LogP contribution in [0.4, 0.5) is 0 Å². The minimum Gasteiger partial charge on any atom is -0.549 e.